The van der Waals surface area contributed by atoms with Crippen LogP contribution in [0.1, 0.15) is 26.7 Å². The lowest BCUT2D eigenvalue weighted by Crippen LogP contribution is -2.46. The minimum Gasteiger partial charge on any atom is -0.394 e. The van der Waals surface area contributed by atoms with Crippen molar-refractivity contribution < 1.29 is 5.11 Å². The van der Waals surface area contributed by atoms with Gasteiger partial charge in [0, 0.05) is 24.5 Å². The molecule has 1 aromatic rings. The van der Waals surface area contributed by atoms with Crippen LogP contribution in [-0.2, 0) is 6.54 Å². The molecule has 0 amide bonds. The van der Waals surface area contributed by atoms with E-state index in [4.69, 9.17) is 0 Å². The number of hydrogen-bond acceptors (Lipinski definition) is 3. The van der Waals surface area contributed by atoms with Gasteiger partial charge in [-0.3, -0.25) is 4.68 Å². The van der Waals surface area contributed by atoms with Gasteiger partial charge in [-0.1, -0.05) is 6.92 Å². The zero-order valence-electron chi connectivity index (χ0n) is 9.61. The molecule has 4 heteroatoms. The summed E-state index contributed by atoms with van der Waals surface area (Å²) in [4.78, 5) is 0. The molecule has 1 heterocycles. The summed E-state index contributed by atoms with van der Waals surface area (Å²) in [7, 11) is 0. The van der Waals surface area contributed by atoms with Crippen LogP contribution in [0.3, 0.4) is 0 Å². The minimum atomic E-state index is -0.192. The highest BCUT2D eigenvalue weighted by molar-refractivity contribution is 4.84. The molecule has 0 aromatic carbocycles. The smallest absolute Gasteiger partial charge is 0.0611 e. The van der Waals surface area contributed by atoms with Crippen molar-refractivity contribution in [3.05, 3.63) is 18.5 Å². The number of nitrogens with one attached hydrogen (secondary N) is 1. The molecule has 0 saturated carbocycles. The first-order valence-electron chi connectivity index (χ1n) is 5.53. The molecule has 1 aromatic heterocycles. The van der Waals surface area contributed by atoms with E-state index in [2.05, 4.69) is 17.3 Å². The van der Waals surface area contributed by atoms with Crippen molar-refractivity contribution in [2.75, 3.05) is 13.2 Å². The summed E-state index contributed by atoms with van der Waals surface area (Å²) in [5, 5.41) is 16.9. The lowest BCUT2D eigenvalue weighted by molar-refractivity contribution is 0.160. The Morgan fingerprint density at radius 3 is 2.87 bits per heavy atom. The Morgan fingerprint density at radius 1 is 1.53 bits per heavy atom. The standard InChI is InChI=1S/C11H21N3O/c1-3-6-12-11(2,10-15)5-9-14-8-4-7-13-14/h4,7-8,12,15H,3,5-6,9-10H2,1-2H3. The van der Waals surface area contributed by atoms with Gasteiger partial charge in [-0.25, -0.2) is 0 Å². The molecule has 0 saturated heterocycles. The Morgan fingerprint density at radius 2 is 2.33 bits per heavy atom. The van der Waals surface area contributed by atoms with Gasteiger partial charge in [0.05, 0.1) is 6.61 Å². The average molecular weight is 211 g/mol. The van der Waals surface area contributed by atoms with Crippen molar-refractivity contribution >= 4 is 0 Å². The van der Waals surface area contributed by atoms with Gasteiger partial charge in [-0.15, -0.1) is 0 Å². The summed E-state index contributed by atoms with van der Waals surface area (Å²) in [6, 6.07) is 1.91. The zero-order chi connectivity index (χ0) is 11.1. The van der Waals surface area contributed by atoms with Crippen LogP contribution < -0.4 is 5.32 Å². The molecule has 4 nitrogen and oxygen atoms in total. The van der Waals surface area contributed by atoms with Crippen LogP contribution >= 0.6 is 0 Å². The third kappa shape index (κ3) is 4.01. The van der Waals surface area contributed by atoms with E-state index >= 15 is 0 Å². The molecule has 0 radical (unpaired) electrons. The van der Waals surface area contributed by atoms with Crippen LogP contribution in [-0.4, -0.2) is 33.6 Å². The van der Waals surface area contributed by atoms with Crippen LogP contribution in [0, 0.1) is 0 Å². The van der Waals surface area contributed by atoms with Gasteiger partial charge >= 0.3 is 0 Å². The second-order valence-electron chi connectivity index (χ2n) is 4.16. The maximum atomic E-state index is 9.35. The third-order valence-electron chi connectivity index (χ3n) is 2.60. The van der Waals surface area contributed by atoms with Crippen LogP contribution in [0.15, 0.2) is 18.5 Å². The monoisotopic (exact) mass is 211 g/mol. The SMILES string of the molecule is CCCNC(C)(CO)CCn1cccn1. The average Bonchev–Trinajstić information content (AvgIpc) is 2.76. The summed E-state index contributed by atoms with van der Waals surface area (Å²) in [6.07, 6.45) is 5.68. The molecule has 86 valence electrons. The van der Waals surface area contributed by atoms with Crippen molar-refractivity contribution in [3.63, 3.8) is 0 Å². The third-order valence-corrected chi connectivity index (χ3v) is 2.60. The van der Waals surface area contributed by atoms with Gasteiger partial charge in [0.2, 0.25) is 0 Å². The van der Waals surface area contributed by atoms with E-state index in [-0.39, 0.29) is 12.1 Å². The van der Waals surface area contributed by atoms with E-state index in [0.717, 1.165) is 25.9 Å². The molecule has 0 aliphatic heterocycles. The zero-order valence-corrected chi connectivity index (χ0v) is 9.61. The molecule has 1 rings (SSSR count). The van der Waals surface area contributed by atoms with E-state index in [1.165, 1.54) is 0 Å². The predicted octanol–water partition coefficient (Wildman–Crippen LogP) is 1.02. The van der Waals surface area contributed by atoms with E-state index in [1.807, 2.05) is 23.9 Å². The summed E-state index contributed by atoms with van der Waals surface area (Å²) < 4.78 is 1.89. The summed E-state index contributed by atoms with van der Waals surface area (Å²) in [5.41, 5.74) is -0.192. The fraction of sp³-hybridized carbons (Fsp3) is 0.727. The first kappa shape index (κ1) is 12.2. The second kappa shape index (κ2) is 5.88. The highest BCUT2D eigenvalue weighted by Crippen LogP contribution is 2.10. The van der Waals surface area contributed by atoms with Crippen LogP contribution in [0.5, 0.6) is 0 Å². The Balaban J connectivity index is 2.38. The maximum Gasteiger partial charge on any atom is 0.0611 e. The second-order valence-corrected chi connectivity index (χ2v) is 4.16. The molecule has 15 heavy (non-hydrogen) atoms. The molecule has 0 bridgehead atoms. The normalized spacial score (nSPS) is 15.1. The molecule has 0 aliphatic rings. The molecular formula is C11H21N3O. The molecular weight excluding hydrogens is 190 g/mol. The van der Waals surface area contributed by atoms with Gasteiger partial charge < -0.3 is 10.4 Å². The largest absolute Gasteiger partial charge is 0.394 e. The fourth-order valence-electron chi connectivity index (χ4n) is 1.44. The van der Waals surface area contributed by atoms with Crippen LogP contribution in [0.2, 0.25) is 0 Å². The number of aromatic nitrogens is 2. The molecule has 2 N–H and O–H groups in total. The number of nitrogens with zero attached hydrogens (tertiary/aromatic N) is 2. The molecule has 1 atom stereocenters. The minimum absolute atomic E-state index is 0.161. The highest BCUT2D eigenvalue weighted by atomic mass is 16.3. The predicted molar refractivity (Wildman–Crippen MR) is 60.6 cm³/mol. The lowest BCUT2D eigenvalue weighted by atomic mass is 9.99. The number of aliphatic hydroxyl groups excluding tert-OH is 1. The lowest BCUT2D eigenvalue weighted by Gasteiger charge is -2.28. The van der Waals surface area contributed by atoms with Crippen molar-refractivity contribution in [1.29, 1.82) is 0 Å². The van der Waals surface area contributed by atoms with Gasteiger partial charge in [0.1, 0.15) is 0 Å². The van der Waals surface area contributed by atoms with Gasteiger partial charge in [0.25, 0.3) is 0 Å². The van der Waals surface area contributed by atoms with Gasteiger partial charge in [-0.05, 0) is 32.4 Å². The maximum absolute atomic E-state index is 9.35. The van der Waals surface area contributed by atoms with Crippen LogP contribution in [0.25, 0.3) is 0 Å². The topological polar surface area (TPSA) is 50.1 Å². The summed E-state index contributed by atoms with van der Waals surface area (Å²) >= 11 is 0. The first-order chi connectivity index (χ1) is 7.20. The van der Waals surface area contributed by atoms with E-state index in [9.17, 15) is 5.11 Å². The fourth-order valence-corrected chi connectivity index (χ4v) is 1.44. The van der Waals surface area contributed by atoms with Crippen molar-refractivity contribution in [3.8, 4) is 0 Å². The Bertz CT molecular complexity index is 261. The molecule has 0 spiro atoms. The number of rotatable bonds is 7. The number of hydrogen-bond donors (Lipinski definition) is 2. The Labute approximate surface area is 91.3 Å². The first-order valence-corrected chi connectivity index (χ1v) is 5.53. The number of aryl methyl sites for hydroxylation is 1. The molecule has 1 unspecified atom stereocenters. The summed E-state index contributed by atoms with van der Waals surface area (Å²) in [5.74, 6) is 0. The molecule has 0 fully saturated rings. The van der Waals surface area contributed by atoms with Gasteiger partial charge in [-0.2, -0.15) is 5.10 Å². The van der Waals surface area contributed by atoms with Crippen molar-refractivity contribution in [1.82, 2.24) is 15.1 Å². The van der Waals surface area contributed by atoms with E-state index < -0.39 is 0 Å². The van der Waals surface area contributed by atoms with E-state index in [0.29, 0.717) is 0 Å². The van der Waals surface area contributed by atoms with Gasteiger partial charge in [0.15, 0.2) is 0 Å². The number of aliphatic hydroxyl groups is 1. The quantitative estimate of drug-likeness (QED) is 0.708. The molecule has 0 aliphatic carbocycles. The Kier molecular flexibility index (Phi) is 4.78. The van der Waals surface area contributed by atoms with Crippen molar-refractivity contribution in [2.45, 2.75) is 38.8 Å². The Hall–Kier alpha value is -0.870. The van der Waals surface area contributed by atoms with Crippen LogP contribution in [0.4, 0.5) is 0 Å². The van der Waals surface area contributed by atoms with Crippen molar-refractivity contribution in [2.24, 2.45) is 0 Å². The highest BCUT2D eigenvalue weighted by Gasteiger charge is 2.21. The summed E-state index contributed by atoms with van der Waals surface area (Å²) in [6.45, 7) is 6.11. The van der Waals surface area contributed by atoms with E-state index in [1.54, 1.807) is 6.20 Å².